The zero-order valence-electron chi connectivity index (χ0n) is 17.5. The molecule has 29 heavy (non-hydrogen) atoms. The first-order valence-corrected chi connectivity index (χ1v) is 11.3. The molecule has 6 rings (SSSR count). The van der Waals surface area contributed by atoms with Gasteiger partial charge in [-0.15, -0.1) is 0 Å². The number of carbonyl (C=O) groups excluding carboxylic acids is 1. The van der Waals surface area contributed by atoms with Crippen molar-refractivity contribution < 1.29 is 13.9 Å². The Morgan fingerprint density at radius 2 is 1.83 bits per heavy atom. The van der Waals surface area contributed by atoms with Gasteiger partial charge >= 0.3 is 0 Å². The van der Waals surface area contributed by atoms with Crippen molar-refractivity contribution in [2.24, 2.45) is 22.7 Å². The van der Waals surface area contributed by atoms with Crippen molar-refractivity contribution in [1.29, 1.82) is 0 Å². The molecule has 4 bridgehead atoms. The van der Waals surface area contributed by atoms with E-state index in [2.05, 4.69) is 17.1 Å². The second kappa shape index (κ2) is 7.35. The summed E-state index contributed by atoms with van der Waals surface area (Å²) in [6.07, 6.45) is 7.15. The first-order valence-electron chi connectivity index (χ1n) is 11.3. The molecular formula is C24H33FN2O2. The monoisotopic (exact) mass is 400 g/mol. The van der Waals surface area contributed by atoms with E-state index in [9.17, 15) is 9.18 Å². The zero-order valence-corrected chi connectivity index (χ0v) is 17.5. The van der Waals surface area contributed by atoms with E-state index >= 15 is 0 Å². The fourth-order valence-electron chi connectivity index (χ4n) is 7.39. The first-order chi connectivity index (χ1) is 13.9. The summed E-state index contributed by atoms with van der Waals surface area (Å²) in [5, 5.41) is 3.35. The topological polar surface area (TPSA) is 41.6 Å². The van der Waals surface area contributed by atoms with Gasteiger partial charge in [0.25, 0.3) is 0 Å². The fraction of sp³-hybridized carbons (Fsp3) is 0.708. The molecule has 4 saturated carbocycles. The van der Waals surface area contributed by atoms with Gasteiger partial charge < -0.3 is 10.1 Å². The van der Waals surface area contributed by atoms with Gasteiger partial charge in [0.2, 0.25) is 5.91 Å². The highest BCUT2D eigenvalue weighted by molar-refractivity contribution is 5.83. The van der Waals surface area contributed by atoms with Crippen LogP contribution in [0.3, 0.4) is 0 Å². The van der Waals surface area contributed by atoms with Crippen LogP contribution in [-0.2, 0) is 9.53 Å². The number of rotatable bonds is 5. The highest BCUT2D eigenvalue weighted by Crippen LogP contribution is 2.65. The predicted molar refractivity (Wildman–Crippen MR) is 110 cm³/mol. The SMILES string of the molecule is CC12CC3CC(C1)CC(C(=O)NCC(c1ccc(F)cc1)N1CCOCC1)(C3)C2. The van der Waals surface area contributed by atoms with Crippen LogP contribution in [0, 0.1) is 28.5 Å². The molecule has 5 fully saturated rings. The van der Waals surface area contributed by atoms with Crippen molar-refractivity contribution in [3.63, 3.8) is 0 Å². The normalized spacial score (nSPS) is 37.4. The van der Waals surface area contributed by atoms with Crippen molar-refractivity contribution in [2.45, 2.75) is 51.5 Å². The second-order valence-corrected chi connectivity index (χ2v) is 10.5. The first kappa shape index (κ1) is 19.5. The third kappa shape index (κ3) is 3.72. The van der Waals surface area contributed by atoms with Crippen molar-refractivity contribution in [3.05, 3.63) is 35.6 Å². The van der Waals surface area contributed by atoms with Crippen LogP contribution in [0.25, 0.3) is 0 Å². The Hall–Kier alpha value is -1.46. The van der Waals surface area contributed by atoms with Crippen LogP contribution in [0.15, 0.2) is 24.3 Å². The van der Waals surface area contributed by atoms with E-state index in [0.717, 1.165) is 49.8 Å². The number of hydrogen-bond donors (Lipinski definition) is 1. The Balaban J connectivity index is 1.32. The quantitative estimate of drug-likeness (QED) is 0.815. The summed E-state index contributed by atoms with van der Waals surface area (Å²) in [7, 11) is 0. The molecule has 1 aliphatic heterocycles. The molecule has 0 spiro atoms. The van der Waals surface area contributed by atoms with E-state index in [0.29, 0.717) is 25.2 Å². The summed E-state index contributed by atoms with van der Waals surface area (Å²) in [6.45, 7) is 6.07. The largest absolute Gasteiger partial charge is 0.379 e. The van der Waals surface area contributed by atoms with E-state index in [1.165, 1.54) is 31.4 Å². The highest BCUT2D eigenvalue weighted by Gasteiger charge is 2.58. The molecule has 4 nitrogen and oxygen atoms in total. The molecule has 5 aliphatic rings. The maximum atomic E-state index is 13.5. The number of ether oxygens (including phenoxy) is 1. The number of morpholine rings is 1. The zero-order chi connectivity index (χ0) is 20.1. The number of nitrogens with zero attached hydrogens (tertiary/aromatic N) is 1. The Kier molecular flexibility index (Phi) is 4.94. The third-order valence-electron chi connectivity index (χ3n) is 8.03. The Morgan fingerprint density at radius 3 is 2.45 bits per heavy atom. The van der Waals surface area contributed by atoms with Crippen molar-refractivity contribution in [2.75, 3.05) is 32.8 Å². The highest BCUT2D eigenvalue weighted by atomic mass is 19.1. The lowest BCUT2D eigenvalue weighted by atomic mass is 9.44. The number of carbonyl (C=O) groups is 1. The minimum Gasteiger partial charge on any atom is -0.379 e. The summed E-state index contributed by atoms with van der Waals surface area (Å²) in [5.41, 5.74) is 1.27. The van der Waals surface area contributed by atoms with E-state index in [4.69, 9.17) is 4.74 Å². The molecule has 1 N–H and O–H groups in total. The summed E-state index contributed by atoms with van der Waals surface area (Å²) >= 11 is 0. The minimum atomic E-state index is -0.222. The molecule has 158 valence electrons. The summed E-state index contributed by atoms with van der Waals surface area (Å²) in [4.78, 5) is 15.9. The van der Waals surface area contributed by atoms with Crippen molar-refractivity contribution in [1.82, 2.24) is 10.2 Å². The predicted octanol–water partition coefficient (Wildman–Crippen LogP) is 3.92. The smallest absolute Gasteiger partial charge is 0.226 e. The van der Waals surface area contributed by atoms with Crippen LogP contribution in [-0.4, -0.2) is 43.7 Å². The molecule has 1 amide bonds. The second-order valence-electron chi connectivity index (χ2n) is 10.5. The minimum absolute atomic E-state index is 0.0629. The summed E-state index contributed by atoms with van der Waals surface area (Å²) in [5.74, 6) is 1.51. The lowest BCUT2D eigenvalue weighted by Gasteiger charge is -2.60. The molecule has 1 heterocycles. The molecule has 3 unspecified atom stereocenters. The van der Waals surface area contributed by atoms with E-state index < -0.39 is 0 Å². The lowest BCUT2D eigenvalue weighted by Crippen LogP contribution is -2.57. The van der Waals surface area contributed by atoms with Gasteiger partial charge in [-0.1, -0.05) is 19.1 Å². The third-order valence-corrected chi connectivity index (χ3v) is 8.03. The van der Waals surface area contributed by atoms with Crippen LogP contribution in [0.2, 0.25) is 0 Å². The Morgan fingerprint density at radius 1 is 1.17 bits per heavy atom. The fourth-order valence-corrected chi connectivity index (χ4v) is 7.39. The molecule has 0 radical (unpaired) electrons. The van der Waals surface area contributed by atoms with E-state index in [1.807, 2.05) is 12.1 Å². The van der Waals surface area contributed by atoms with Gasteiger partial charge in [0, 0.05) is 19.6 Å². The molecule has 4 aliphatic carbocycles. The van der Waals surface area contributed by atoms with Gasteiger partial charge in [0.1, 0.15) is 5.82 Å². The maximum absolute atomic E-state index is 13.5. The van der Waals surface area contributed by atoms with Crippen LogP contribution in [0.5, 0.6) is 0 Å². The molecular weight excluding hydrogens is 367 g/mol. The number of hydrogen-bond acceptors (Lipinski definition) is 3. The summed E-state index contributed by atoms with van der Waals surface area (Å²) in [6, 6.07) is 6.81. The van der Waals surface area contributed by atoms with Crippen LogP contribution >= 0.6 is 0 Å². The maximum Gasteiger partial charge on any atom is 0.226 e. The van der Waals surface area contributed by atoms with Crippen LogP contribution in [0.1, 0.15) is 57.1 Å². The van der Waals surface area contributed by atoms with Gasteiger partial charge in [-0.2, -0.15) is 0 Å². The van der Waals surface area contributed by atoms with Crippen molar-refractivity contribution in [3.8, 4) is 0 Å². The van der Waals surface area contributed by atoms with Gasteiger partial charge in [-0.25, -0.2) is 4.39 Å². The van der Waals surface area contributed by atoms with Crippen LogP contribution in [0.4, 0.5) is 4.39 Å². The number of amides is 1. The number of nitrogens with one attached hydrogen (secondary N) is 1. The molecule has 0 aromatic heterocycles. The number of benzene rings is 1. The average Bonchev–Trinajstić information content (AvgIpc) is 2.68. The van der Waals surface area contributed by atoms with E-state index in [-0.39, 0.29) is 23.2 Å². The molecule has 1 aromatic rings. The lowest BCUT2D eigenvalue weighted by molar-refractivity contribution is -0.155. The van der Waals surface area contributed by atoms with Gasteiger partial charge in [-0.05, 0) is 73.5 Å². The van der Waals surface area contributed by atoms with Crippen molar-refractivity contribution >= 4 is 5.91 Å². The Bertz CT molecular complexity index is 745. The molecule has 3 atom stereocenters. The Labute approximate surface area is 173 Å². The molecule has 1 aromatic carbocycles. The molecule has 5 heteroatoms. The van der Waals surface area contributed by atoms with Gasteiger partial charge in [-0.3, -0.25) is 9.69 Å². The average molecular weight is 401 g/mol. The van der Waals surface area contributed by atoms with E-state index in [1.54, 1.807) is 0 Å². The summed E-state index contributed by atoms with van der Waals surface area (Å²) < 4.78 is 19.0. The standard InChI is InChI=1S/C24H33FN2O2/c1-23-11-17-10-18(12-23)14-24(13-17,16-23)22(28)26-15-21(27-6-8-29-9-7-27)19-2-4-20(25)5-3-19/h2-5,17-18,21H,6-16H2,1H3,(H,26,28). The van der Waals surface area contributed by atoms with Crippen LogP contribution < -0.4 is 5.32 Å². The van der Waals surface area contributed by atoms with Gasteiger partial charge in [0.05, 0.1) is 24.7 Å². The van der Waals surface area contributed by atoms with Gasteiger partial charge in [0.15, 0.2) is 0 Å². The number of halogens is 1. The molecule has 1 saturated heterocycles.